The van der Waals surface area contributed by atoms with Crippen molar-refractivity contribution in [2.24, 2.45) is 11.3 Å². The molecule has 1 rings (SSSR count). The van der Waals surface area contributed by atoms with Gasteiger partial charge in [-0.05, 0) is 36.5 Å². The van der Waals surface area contributed by atoms with Gasteiger partial charge in [0.1, 0.15) is 0 Å². The maximum absolute atomic E-state index is 12.0. The van der Waals surface area contributed by atoms with Crippen LogP contribution in [0, 0.1) is 11.3 Å². The first-order valence-electron chi connectivity index (χ1n) is 6.25. The first-order chi connectivity index (χ1) is 8.34. The lowest BCUT2D eigenvalue weighted by atomic mass is 9.77. The molecule has 1 unspecified atom stereocenters. The Hall–Kier alpha value is -1.02. The Balaban J connectivity index is 2.85. The summed E-state index contributed by atoms with van der Waals surface area (Å²) >= 11 is 5.86. The van der Waals surface area contributed by atoms with Gasteiger partial charge in [-0.3, -0.25) is 4.79 Å². The largest absolute Gasteiger partial charge is 0.466 e. The molecule has 0 aliphatic heterocycles. The number of carbonyl (C=O) groups is 1. The van der Waals surface area contributed by atoms with E-state index in [0.717, 1.165) is 5.56 Å². The van der Waals surface area contributed by atoms with Crippen LogP contribution in [0.2, 0.25) is 5.02 Å². The average molecular weight is 269 g/mol. The Bertz CT molecular complexity index is 390. The van der Waals surface area contributed by atoms with Crippen molar-refractivity contribution in [2.45, 2.75) is 34.1 Å². The van der Waals surface area contributed by atoms with Crippen LogP contribution in [-0.2, 0) is 16.0 Å². The smallest absolute Gasteiger partial charge is 0.309 e. The number of rotatable bonds is 4. The van der Waals surface area contributed by atoms with Crippen LogP contribution in [0.15, 0.2) is 24.3 Å². The van der Waals surface area contributed by atoms with E-state index in [1.54, 1.807) is 0 Å². The van der Waals surface area contributed by atoms with E-state index >= 15 is 0 Å². The van der Waals surface area contributed by atoms with Crippen molar-refractivity contribution in [3.8, 4) is 0 Å². The lowest BCUT2D eigenvalue weighted by Crippen LogP contribution is -2.32. The molecule has 0 spiro atoms. The van der Waals surface area contributed by atoms with E-state index < -0.39 is 0 Å². The van der Waals surface area contributed by atoms with Gasteiger partial charge in [0, 0.05) is 5.02 Å². The molecule has 0 saturated carbocycles. The van der Waals surface area contributed by atoms with Crippen LogP contribution >= 0.6 is 11.6 Å². The number of hydrogen-bond acceptors (Lipinski definition) is 2. The molecule has 2 nitrogen and oxygen atoms in total. The highest BCUT2D eigenvalue weighted by molar-refractivity contribution is 6.30. The molecule has 0 radical (unpaired) electrons. The van der Waals surface area contributed by atoms with Gasteiger partial charge in [0.2, 0.25) is 0 Å². The Morgan fingerprint density at radius 3 is 2.28 bits per heavy atom. The number of carbonyl (C=O) groups excluding carboxylic acids is 1. The summed E-state index contributed by atoms with van der Waals surface area (Å²) in [6.07, 6.45) is 0.680. The highest BCUT2D eigenvalue weighted by Crippen LogP contribution is 2.30. The summed E-state index contributed by atoms with van der Waals surface area (Å²) in [5.41, 5.74) is 0.985. The first kappa shape index (κ1) is 15.0. The second kappa shape index (κ2) is 6.24. The topological polar surface area (TPSA) is 26.3 Å². The third kappa shape index (κ3) is 4.34. The zero-order valence-electron chi connectivity index (χ0n) is 11.5. The first-order valence-corrected chi connectivity index (χ1v) is 6.63. The van der Waals surface area contributed by atoms with Crippen LogP contribution in [0.3, 0.4) is 0 Å². The predicted molar refractivity (Wildman–Crippen MR) is 74.7 cm³/mol. The molecule has 0 aliphatic carbocycles. The molecule has 1 aromatic carbocycles. The molecule has 18 heavy (non-hydrogen) atoms. The van der Waals surface area contributed by atoms with E-state index in [0.29, 0.717) is 18.1 Å². The molecule has 0 bridgehead atoms. The SMILES string of the molecule is CCOC(=O)C(Cc1ccc(Cl)cc1)C(C)(C)C. The van der Waals surface area contributed by atoms with E-state index in [9.17, 15) is 4.79 Å². The van der Waals surface area contributed by atoms with Crippen LogP contribution < -0.4 is 0 Å². The summed E-state index contributed by atoms with van der Waals surface area (Å²) in [5.74, 6) is -0.265. The van der Waals surface area contributed by atoms with Gasteiger partial charge in [0.05, 0.1) is 12.5 Å². The van der Waals surface area contributed by atoms with Gasteiger partial charge >= 0.3 is 5.97 Å². The van der Waals surface area contributed by atoms with E-state index in [-0.39, 0.29) is 17.3 Å². The minimum absolute atomic E-state index is 0.119. The molecule has 0 fully saturated rings. The van der Waals surface area contributed by atoms with Crippen molar-refractivity contribution in [1.29, 1.82) is 0 Å². The molecule has 0 saturated heterocycles. The van der Waals surface area contributed by atoms with E-state index in [2.05, 4.69) is 20.8 Å². The van der Waals surface area contributed by atoms with Crippen LogP contribution in [0.5, 0.6) is 0 Å². The highest BCUT2D eigenvalue weighted by Gasteiger charge is 2.32. The van der Waals surface area contributed by atoms with Gasteiger partial charge < -0.3 is 4.74 Å². The van der Waals surface area contributed by atoms with Gasteiger partial charge in [-0.1, -0.05) is 44.5 Å². The average Bonchev–Trinajstić information content (AvgIpc) is 2.26. The van der Waals surface area contributed by atoms with Crippen molar-refractivity contribution >= 4 is 17.6 Å². The number of benzene rings is 1. The third-order valence-electron chi connectivity index (χ3n) is 2.97. The van der Waals surface area contributed by atoms with Gasteiger partial charge in [-0.2, -0.15) is 0 Å². The van der Waals surface area contributed by atoms with Gasteiger partial charge in [-0.25, -0.2) is 0 Å². The number of hydrogen-bond donors (Lipinski definition) is 0. The maximum atomic E-state index is 12.0. The summed E-state index contributed by atoms with van der Waals surface area (Å²) < 4.78 is 5.16. The summed E-state index contributed by atoms with van der Waals surface area (Å²) in [4.78, 5) is 12.0. The van der Waals surface area contributed by atoms with Crippen molar-refractivity contribution in [1.82, 2.24) is 0 Å². The maximum Gasteiger partial charge on any atom is 0.309 e. The molecule has 0 aromatic heterocycles. The molecule has 3 heteroatoms. The van der Waals surface area contributed by atoms with E-state index in [1.165, 1.54) is 0 Å². The van der Waals surface area contributed by atoms with E-state index in [1.807, 2.05) is 31.2 Å². The Morgan fingerprint density at radius 1 is 1.28 bits per heavy atom. The fourth-order valence-electron chi connectivity index (χ4n) is 1.84. The summed E-state index contributed by atoms with van der Waals surface area (Å²) in [7, 11) is 0. The van der Waals surface area contributed by atoms with Crippen LogP contribution in [0.4, 0.5) is 0 Å². The van der Waals surface area contributed by atoms with Crippen LogP contribution in [0.1, 0.15) is 33.3 Å². The van der Waals surface area contributed by atoms with Gasteiger partial charge in [0.15, 0.2) is 0 Å². The lowest BCUT2D eigenvalue weighted by molar-refractivity contribution is -0.151. The predicted octanol–water partition coefficient (Wildman–Crippen LogP) is 4.11. The van der Waals surface area contributed by atoms with Gasteiger partial charge in [-0.15, -0.1) is 0 Å². The minimum atomic E-state index is -0.140. The normalized spacial score (nSPS) is 13.2. The lowest BCUT2D eigenvalue weighted by Gasteiger charge is -2.28. The Kier molecular flexibility index (Phi) is 5.21. The van der Waals surface area contributed by atoms with E-state index in [4.69, 9.17) is 16.3 Å². The van der Waals surface area contributed by atoms with Crippen LogP contribution in [-0.4, -0.2) is 12.6 Å². The van der Waals surface area contributed by atoms with Crippen molar-refractivity contribution in [2.75, 3.05) is 6.61 Å². The zero-order valence-corrected chi connectivity index (χ0v) is 12.3. The van der Waals surface area contributed by atoms with Crippen molar-refractivity contribution in [3.05, 3.63) is 34.9 Å². The summed E-state index contributed by atoms with van der Waals surface area (Å²) in [6, 6.07) is 7.62. The monoisotopic (exact) mass is 268 g/mol. The number of ether oxygens (including phenoxy) is 1. The molecular formula is C15H21ClO2. The molecular weight excluding hydrogens is 248 g/mol. The second-order valence-electron chi connectivity index (χ2n) is 5.50. The Labute approximate surface area is 114 Å². The molecule has 1 atom stereocenters. The van der Waals surface area contributed by atoms with Gasteiger partial charge in [0.25, 0.3) is 0 Å². The standard InChI is InChI=1S/C15H21ClO2/c1-5-18-14(17)13(15(2,3)4)10-11-6-8-12(16)9-7-11/h6-9,13H,5,10H2,1-4H3. The molecule has 100 valence electrons. The zero-order chi connectivity index (χ0) is 13.8. The van der Waals surface area contributed by atoms with Crippen molar-refractivity contribution < 1.29 is 9.53 Å². The fourth-order valence-corrected chi connectivity index (χ4v) is 1.97. The Morgan fingerprint density at radius 2 is 1.83 bits per heavy atom. The molecule has 1 aromatic rings. The number of esters is 1. The molecule has 0 amide bonds. The van der Waals surface area contributed by atoms with Crippen molar-refractivity contribution in [3.63, 3.8) is 0 Å². The fraction of sp³-hybridized carbons (Fsp3) is 0.533. The number of halogens is 1. The summed E-state index contributed by atoms with van der Waals surface area (Å²) in [6.45, 7) is 8.44. The minimum Gasteiger partial charge on any atom is -0.466 e. The highest BCUT2D eigenvalue weighted by atomic mass is 35.5. The second-order valence-corrected chi connectivity index (χ2v) is 5.94. The quantitative estimate of drug-likeness (QED) is 0.768. The summed E-state index contributed by atoms with van der Waals surface area (Å²) in [5, 5.41) is 0.710. The molecule has 0 heterocycles. The molecule has 0 aliphatic rings. The van der Waals surface area contributed by atoms with Crippen LogP contribution in [0.25, 0.3) is 0 Å². The third-order valence-corrected chi connectivity index (χ3v) is 3.22. The molecule has 0 N–H and O–H groups in total.